The van der Waals surface area contributed by atoms with Gasteiger partial charge >= 0.3 is 0 Å². The van der Waals surface area contributed by atoms with E-state index in [-0.39, 0.29) is 20.1 Å². The number of pyridine rings is 2. The minimum absolute atomic E-state index is 0. The molecule has 243 valence electrons. The van der Waals surface area contributed by atoms with Crippen molar-refractivity contribution in [1.29, 1.82) is 0 Å². The van der Waals surface area contributed by atoms with E-state index >= 15 is 0 Å². The summed E-state index contributed by atoms with van der Waals surface area (Å²) in [6, 6.07) is 50.3. The second kappa shape index (κ2) is 13.3. The summed E-state index contributed by atoms with van der Waals surface area (Å²) in [5.41, 5.74) is 6.37. The smallest absolute Gasteiger partial charge is 0.130 e. The standard InChI is InChI=1S/C23H12NOS.C22H18N.Ir/c1-2-10-19-17(6-1)21-20(26-19)12-11-15-14-7-5-8-16(22(14)25-23(15)21)18-9-3-4-13-24-18;1-15(2)17-11-12-23-22(14-17)19-9-10-21-18(13-19)8-7-16-5-3-4-6-20(16)21;/h1-7,9-13H;3-8,10-15H,1-2H3;/q2*-1;/i;15D;. The van der Waals surface area contributed by atoms with Crippen LogP contribution in [0.4, 0.5) is 0 Å². The summed E-state index contributed by atoms with van der Waals surface area (Å²) in [5.74, 6) is -0.634. The summed E-state index contributed by atoms with van der Waals surface area (Å²) in [7, 11) is 0. The minimum atomic E-state index is -0.634. The van der Waals surface area contributed by atoms with Gasteiger partial charge in [0.15, 0.2) is 0 Å². The van der Waals surface area contributed by atoms with Gasteiger partial charge in [-0.2, -0.15) is 0 Å². The summed E-state index contributed by atoms with van der Waals surface area (Å²) >= 11 is 1.81. The van der Waals surface area contributed by atoms with Crippen molar-refractivity contribution in [3.63, 3.8) is 0 Å². The Labute approximate surface area is 309 Å². The largest absolute Gasteiger partial charge is 0.500 e. The molecule has 0 aliphatic heterocycles. The van der Waals surface area contributed by atoms with Gasteiger partial charge in [0.2, 0.25) is 0 Å². The van der Waals surface area contributed by atoms with E-state index in [1.54, 1.807) is 23.7 Å². The molecular weight excluding hydrogens is 809 g/mol. The first-order valence-electron chi connectivity index (χ1n) is 16.8. The van der Waals surface area contributed by atoms with Crippen molar-refractivity contribution >= 4 is 75.0 Å². The molecule has 0 saturated carbocycles. The van der Waals surface area contributed by atoms with E-state index in [0.717, 1.165) is 50.0 Å². The molecule has 0 atom stereocenters. The Morgan fingerprint density at radius 1 is 0.640 bits per heavy atom. The van der Waals surface area contributed by atoms with Gasteiger partial charge in [-0.05, 0) is 46.9 Å². The molecular formula is C45H30IrN2OS-2. The predicted molar refractivity (Wildman–Crippen MR) is 206 cm³/mol. The number of thiophene rings is 1. The van der Waals surface area contributed by atoms with Crippen molar-refractivity contribution in [2.75, 3.05) is 0 Å². The Kier molecular flexibility index (Phi) is 8.18. The number of hydrogen-bond donors (Lipinski definition) is 0. The number of rotatable bonds is 3. The van der Waals surface area contributed by atoms with E-state index in [9.17, 15) is 0 Å². The molecule has 5 heteroatoms. The summed E-state index contributed by atoms with van der Waals surface area (Å²) in [6.45, 7) is 3.78. The monoisotopic (exact) mass is 840 g/mol. The Balaban J connectivity index is 0.000000144. The van der Waals surface area contributed by atoms with Crippen molar-refractivity contribution in [2.45, 2.75) is 19.7 Å². The number of hydrogen-bond acceptors (Lipinski definition) is 4. The van der Waals surface area contributed by atoms with Crippen LogP contribution >= 0.6 is 11.3 Å². The van der Waals surface area contributed by atoms with E-state index in [4.69, 9.17) is 5.79 Å². The van der Waals surface area contributed by atoms with Crippen LogP contribution < -0.4 is 0 Å². The van der Waals surface area contributed by atoms with Crippen LogP contribution in [0.3, 0.4) is 0 Å². The van der Waals surface area contributed by atoms with Gasteiger partial charge in [-0.1, -0.05) is 120 Å². The Morgan fingerprint density at radius 3 is 2.28 bits per heavy atom. The van der Waals surface area contributed by atoms with E-state index in [1.165, 1.54) is 41.7 Å². The molecule has 3 nitrogen and oxygen atoms in total. The molecule has 0 amide bonds. The van der Waals surface area contributed by atoms with Gasteiger partial charge in [-0.25, -0.2) is 0 Å². The van der Waals surface area contributed by atoms with Gasteiger partial charge < -0.3 is 14.4 Å². The van der Waals surface area contributed by atoms with Crippen LogP contribution in [0.1, 0.15) is 26.7 Å². The van der Waals surface area contributed by atoms with Crippen molar-refractivity contribution in [3.05, 3.63) is 157 Å². The summed E-state index contributed by atoms with van der Waals surface area (Å²) < 4.78 is 17.2. The SMILES string of the molecule is [2H]C(C)(C)c1ccnc(-c2[c-]cc3c(ccc4ccccc43)c2)c1.[Ir].[c-]1ccc2c(oc3c2ccc2sc4ccccc4c23)c1-c1ccccn1. The first-order valence-corrected chi connectivity index (χ1v) is 17.1. The van der Waals surface area contributed by atoms with Crippen LogP contribution in [-0.2, 0) is 20.1 Å². The van der Waals surface area contributed by atoms with Crippen molar-refractivity contribution in [2.24, 2.45) is 0 Å². The first kappa shape index (κ1) is 30.8. The third-order valence-electron chi connectivity index (χ3n) is 9.15. The molecule has 4 aromatic heterocycles. The summed E-state index contributed by atoms with van der Waals surface area (Å²) in [5, 5.41) is 9.56. The van der Waals surface area contributed by atoms with Gasteiger partial charge in [-0.15, -0.1) is 58.7 Å². The Morgan fingerprint density at radius 2 is 1.42 bits per heavy atom. The summed E-state index contributed by atoms with van der Waals surface area (Å²) in [6.07, 6.45) is 3.58. The molecule has 10 aromatic rings. The number of fused-ring (bicyclic) bond motifs is 10. The van der Waals surface area contributed by atoms with Crippen LogP contribution in [0, 0.1) is 12.1 Å². The van der Waals surface area contributed by atoms with Crippen molar-refractivity contribution < 1.29 is 25.9 Å². The van der Waals surface area contributed by atoms with Gasteiger partial charge in [-0.3, -0.25) is 0 Å². The van der Waals surface area contributed by atoms with Gasteiger partial charge in [0.05, 0.1) is 5.58 Å². The van der Waals surface area contributed by atoms with Crippen LogP contribution in [0.2, 0.25) is 0 Å². The molecule has 10 rings (SSSR count). The topological polar surface area (TPSA) is 38.9 Å². The molecule has 0 unspecified atom stereocenters. The molecule has 0 spiro atoms. The van der Waals surface area contributed by atoms with Gasteiger partial charge in [0.1, 0.15) is 5.58 Å². The van der Waals surface area contributed by atoms with E-state index < -0.39 is 5.89 Å². The predicted octanol–water partition coefficient (Wildman–Crippen LogP) is 12.8. The fraction of sp³-hybridized carbons (Fsp3) is 0.0667. The molecule has 0 fully saturated rings. The van der Waals surface area contributed by atoms with Gasteiger partial charge in [0.25, 0.3) is 0 Å². The van der Waals surface area contributed by atoms with Crippen LogP contribution in [0.15, 0.2) is 144 Å². The van der Waals surface area contributed by atoms with Crippen LogP contribution in [0.5, 0.6) is 0 Å². The Hall–Kier alpha value is -5.19. The Bertz CT molecular complexity index is 2870. The second-order valence-corrected chi connectivity index (χ2v) is 13.5. The third kappa shape index (κ3) is 5.58. The molecule has 0 saturated heterocycles. The summed E-state index contributed by atoms with van der Waals surface area (Å²) in [4.78, 5) is 8.96. The maximum Gasteiger partial charge on any atom is 0.130 e. The van der Waals surface area contributed by atoms with Crippen LogP contribution in [-0.4, -0.2) is 9.97 Å². The van der Waals surface area contributed by atoms with Gasteiger partial charge in [0, 0.05) is 59.4 Å². The number of benzene rings is 6. The zero-order valence-electron chi connectivity index (χ0n) is 28.3. The minimum Gasteiger partial charge on any atom is -0.500 e. The molecule has 1 radical (unpaired) electrons. The molecule has 50 heavy (non-hydrogen) atoms. The molecule has 4 heterocycles. The zero-order valence-corrected chi connectivity index (χ0v) is 30.5. The molecule has 0 bridgehead atoms. The maximum atomic E-state index is 8.22. The van der Waals surface area contributed by atoms with Crippen molar-refractivity contribution in [3.8, 4) is 22.5 Å². The van der Waals surface area contributed by atoms with Crippen LogP contribution in [0.25, 0.3) is 86.2 Å². The normalized spacial score (nSPS) is 11.9. The number of furan rings is 1. The number of aromatic nitrogens is 2. The number of nitrogens with zero attached hydrogens (tertiary/aromatic N) is 2. The molecule has 6 aromatic carbocycles. The van der Waals surface area contributed by atoms with E-state index in [0.29, 0.717) is 0 Å². The average Bonchev–Trinajstić information content (AvgIpc) is 3.73. The van der Waals surface area contributed by atoms with E-state index in [2.05, 4.69) is 107 Å². The molecule has 0 N–H and O–H groups in total. The fourth-order valence-electron chi connectivity index (χ4n) is 6.69. The average molecular weight is 840 g/mol. The molecule has 0 aliphatic rings. The fourth-order valence-corrected chi connectivity index (χ4v) is 7.80. The molecule has 0 aliphatic carbocycles. The maximum absolute atomic E-state index is 8.22. The first-order chi connectivity index (χ1) is 24.4. The quantitative estimate of drug-likeness (QED) is 0.131. The second-order valence-electron chi connectivity index (χ2n) is 12.4. The van der Waals surface area contributed by atoms with E-state index in [1.807, 2.05) is 56.3 Å². The van der Waals surface area contributed by atoms with Crippen molar-refractivity contribution in [1.82, 2.24) is 9.97 Å². The third-order valence-corrected chi connectivity index (χ3v) is 10.3. The zero-order chi connectivity index (χ0) is 33.8.